The van der Waals surface area contributed by atoms with Gasteiger partial charge in [-0.05, 0) is 30.5 Å². The summed E-state index contributed by atoms with van der Waals surface area (Å²) in [5, 5.41) is 20.6. The average molecular weight is 304 g/mol. The van der Waals surface area contributed by atoms with Gasteiger partial charge < -0.3 is 15.2 Å². The standard InChI is InChI=1S/C16H20N2O4/c1-11(2)16(3,10-17)18-14(20)9-22-15(21)13-6-4-12(8-19)5-7-13/h4-7,11,19H,8-9H2,1-3H3,(H,18,20)/t16-/m0/s1. The van der Waals surface area contributed by atoms with Crippen molar-refractivity contribution < 1.29 is 19.4 Å². The maximum atomic E-state index is 11.8. The highest BCUT2D eigenvalue weighted by Gasteiger charge is 2.30. The molecule has 0 fully saturated rings. The van der Waals surface area contributed by atoms with Crippen LogP contribution in [0.2, 0.25) is 0 Å². The number of benzene rings is 1. The predicted octanol–water partition coefficient (Wildman–Crippen LogP) is 1.39. The number of ether oxygens (including phenoxy) is 1. The number of carbonyl (C=O) groups is 2. The average Bonchev–Trinajstić information content (AvgIpc) is 2.52. The number of nitrogens with one attached hydrogen (secondary N) is 1. The van der Waals surface area contributed by atoms with Crippen LogP contribution in [0.25, 0.3) is 0 Å². The Morgan fingerprint density at radius 3 is 2.41 bits per heavy atom. The van der Waals surface area contributed by atoms with E-state index >= 15 is 0 Å². The number of hydrogen-bond donors (Lipinski definition) is 2. The molecule has 1 atom stereocenters. The number of aliphatic hydroxyl groups is 1. The van der Waals surface area contributed by atoms with Gasteiger partial charge in [0.15, 0.2) is 6.61 Å². The summed E-state index contributed by atoms with van der Waals surface area (Å²) >= 11 is 0. The largest absolute Gasteiger partial charge is 0.452 e. The second kappa shape index (κ2) is 7.57. The van der Waals surface area contributed by atoms with E-state index < -0.39 is 24.0 Å². The maximum Gasteiger partial charge on any atom is 0.338 e. The Morgan fingerprint density at radius 1 is 1.36 bits per heavy atom. The Balaban J connectivity index is 2.56. The van der Waals surface area contributed by atoms with Crippen LogP contribution in [-0.2, 0) is 16.1 Å². The Hall–Kier alpha value is -2.39. The third-order valence-corrected chi connectivity index (χ3v) is 3.49. The molecule has 0 saturated heterocycles. The molecule has 1 amide bonds. The molecule has 0 spiro atoms. The van der Waals surface area contributed by atoms with Gasteiger partial charge in [-0.15, -0.1) is 0 Å². The summed E-state index contributed by atoms with van der Waals surface area (Å²) in [6, 6.07) is 8.27. The molecule has 6 heteroatoms. The first-order valence-corrected chi connectivity index (χ1v) is 6.91. The Morgan fingerprint density at radius 2 is 1.95 bits per heavy atom. The molecule has 1 rings (SSSR count). The van der Waals surface area contributed by atoms with Gasteiger partial charge in [-0.3, -0.25) is 4.79 Å². The summed E-state index contributed by atoms with van der Waals surface area (Å²) < 4.78 is 4.91. The molecule has 0 heterocycles. The molecule has 0 unspecified atom stereocenters. The van der Waals surface area contributed by atoms with Crippen molar-refractivity contribution in [3.63, 3.8) is 0 Å². The number of carbonyl (C=O) groups excluding carboxylic acids is 2. The summed E-state index contributed by atoms with van der Waals surface area (Å²) in [6.07, 6.45) is 0. The van der Waals surface area contributed by atoms with Gasteiger partial charge in [-0.1, -0.05) is 26.0 Å². The van der Waals surface area contributed by atoms with Crippen LogP contribution in [0.5, 0.6) is 0 Å². The molecule has 2 N–H and O–H groups in total. The van der Waals surface area contributed by atoms with Crippen LogP contribution < -0.4 is 5.32 Å². The molecule has 1 aromatic rings. The molecule has 22 heavy (non-hydrogen) atoms. The highest BCUT2D eigenvalue weighted by molar-refractivity contribution is 5.91. The molecule has 0 radical (unpaired) electrons. The number of aliphatic hydroxyl groups excluding tert-OH is 1. The van der Waals surface area contributed by atoms with E-state index in [9.17, 15) is 9.59 Å². The lowest BCUT2D eigenvalue weighted by atomic mass is 9.90. The lowest BCUT2D eigenvalue weighted by molar-refractivity contribution is -0.125. The molecule has 6 nitrogen and oxygen atoms in total. The summed E-state index contributed by atoms with van der Waals surface area (Å²) in [5.41, 5.74) is -0.0420. The quantitative estimate of drug-likeness (QED) is 0.774. The normalized spacial score (nSPS) is 13.1. The van der Waals surface area contributed by atoms with E-state index in [2.05, 4.69) is 5.32 Å². The maximum absolute atomic E-state index is 11.8. The van der Waals surface area contributed by atoms with Crippen LogP contribution in [0.1, 0.15) is 36.7 Å². The van der Waals surface area contributed by atoms with Gasteiger partial charge in [0.1, 0.15) is 5.54 Å². The van der Waals surface area contributed by atoms with E-state index in [0.29, 0.717) is 5.56 Å². The van der Waals surface area contributed by atoms with Crippen LogP contribution in [0.15, 0.2) is 24.3 Å². The van der Waals surface area contributed by atoms with E-state index in [1.165, 1.54) is 12.1 Å². The van der Waals surface area contributed by atoms with Crippen molar-refractivity contribution in [2.24, 2.45) is 5.92 Å². The molecule has 1 aromatic carbocycles. The molecule has 0 aliphatic heterocycles. The van der Waals surface area contributed by atoms with E-state index in [-0.39, 0.29) is 18.1 Å². The lowest BCUT2D eigenvalue weighted by Crippen LogP contribution is -2.50. The number of nitrogens with zero attached hydrogens (tertiary/aromatic N) is 1. The summed E-state index contributed by atoms with van der Waals surface area (Å²) in [6.45, 7) is 4.69. The fourth-order valence-electron chi connectivity index (χ4n) is 1.59. The minimum atomic E-state index is -1.01. The fourth-order valence-corrected chi connectivity index (χ4v) is 1.59. The van der Waals surface area contributed by atoms with Crippen molar-refractivity contribution in [3.05, 3.63) is 35.4 Å². The smallest absolute Gasteiger partial charge is 0.338 e. The van der Waals surface area contributed by atoms with Crippen LogP contribution in [0.3, 0.4) is 0 Å². The highest BCUT2D eigenvalue weighted by atomic mass is 16.5. The Labute approximate surface area is 129 Å². The zero-order valence-corrected chi connectivity index (χ0v) is 12.9. The Bertz CT molecular complexity index is 575. The molecule has 0 aliphatic rings. The first-order chi connectivity index (χ1) is 10.3. The number of nitriles is 1. The first kappa shape index (κ1) is 17.7. The van der Waals surface area contributed by atoms with Gasteiger partial charge in [0.05, 0.1) is 18.2 Å². The molecule has 0 aliphatic carbocycles. The van der Waals surface area contributed by atoms with E-state index in [0.717, 1.165) is 0 Å². The van der Waals surface area contributed by atoms with E-state index in [4.69, 9.17) is 15.1 Å². The zero-order chi connectivity index (χ0) is 16.8. The van der Waals surface area contributed by atoms with Gasteiger partial charge in [0, 0.05) is 0 Å². The first-order valence-electron chi connectivity index (χ1n) is 6.91. The minimum absolute atomic E-state index is 0.0804. The monoisotopic (exact) mass is 304 g/mol. The molecule has 0 saturated carbocycles. The van der Waals surface area contributed by atoms with Gasteiger partial charge in [0.25, 0.3) is 5.91 Å². The fraction of sp³-hybridized carbons (Fsp3) is 0.438. The van der Waals surface area contributed by atoms with Crippen LogP contribution in [0.4, 0.5) is 0 Å². The zero-order valence-electron chi connectivity index (χ0n) is 12.9. The SMILES string of the molecule is CC(C)[C@](C)(C#N)NC(=O)COC(=O)c1ccc(CO)cc1. The molecule has 118 valence electrons. The minimum Gasteiger partial charge on any atom is -0.452 e. The van der Waals surface area contributed by atoms with Crippen molar-refractivity contribution in [1.82, 2.24) is 5.32 Å². The van der Waals surface area contributed by atoms with Crippen LogP contribution in [0, 0.1) is 17.2 Å². The van der Waals surface area contributed by atoms with Crippen molar-refractivity contribution in [3.8, 4) is 6.07 Å². The summed E-state index contributed by atoms with van der Waals surface area (Å²) in [7, 11) is 0. The van der Waals surface area contributed by atoms with Gasteiger partial charge in [-0.25, -0.2) is 4.79 Å². The molecular weight excluding hydrogens is 284 g/mol. The topological polar surface area (TPSA) is 99.4 Å². The number of hydrogen-bond acceptors (Lipinski definition) is 5. The van der Waals surface area contributed by atoms with Gasteiger partial charge >= 0.3 is 5.97 Å². The molecular formula is C16H20N2O4. The van der Waals surface area contributed by atoms with Crippen molar-refractivity contribution >= 4 is 11.9 Å². The summed E-state index contributed by atoms with van der Waals surface area (Å²) in [5.74, 6) is -1.25. The second-order valence-corrected chi connectivity index (χ2v) is 5.45. The van der Waals surface area contributed by atoms with Gasteiger partial charge in [0.2, 0.25) is 0 Å². The van der Waals surface area contributed by atoms with Gasteiger partial charge in [-0.2, -0.15) is 5.26 Å². The molecule has 0 aromatic heterocycles. The van der Waals surface area contributed by atoms with Crippen LogP contribution >= 0.6 is 0 Å². The van der Waals surface area contributed by atoms with Crippen LogP contribution in [-0.4, -0.2) is 29.1 Å². The summed E-state index contributed by atoms with van der Waals surface area (Å²) in [4.78, 5) is 23.6. The number of rotatable bonds is 6. The Kier molecular flexibility index (Phi) is 6.08. The van der Waals surface area contributed by atoms with Crippen molar-refractivity contribution in [1.29, 1.82) is 5.26 Å². The number of amides is 1. The van der Waals surface area contributed by atoms with Crippen molar-refractivity contribution in [2.45, 2.75) is 32.9 Å². The lowest BCUT2D eigenvalue weighted by Gasteiger charge is -2.27. The van der Waals surface area contributed by atoms with E-state index in [1.54, 1.807) is 19.1 Å². The van der Waals surface area contributed by atoms with Crippen molar-refractivity contribution in [2.75, 3.05) is 6.61 Å². The third kappa shape index (κ3) is 4.57. The molecule has 0 bridgehead atoms. The number of esters is 1. The third-order valence-electron chi connectivity index (χ3n) is 3.49. The highest BCUT2D eigenvalue weighted by Crippen LogP contribution is 2.14. The second-order valence-electron chi connectivity index (χ2n) is 5.45. The van der Waals surface area contributed by atoms with E-state index in [1.807, 2.05) is 19.9 Å². The predicted molar refractivity (Wildman–Crippen MR) is 79.6 cm³/mol.